The lowest BCUT2D eigenvalue weighted by Gasteiger charge is -2.23. The summed E-state index contributed by atoms with van der Waals surface area (Å²) in [5.41, 5.74) is 8.87. The van der Waals surface area contributed by atoms with E-state index in [-0.39, 0.29) is 17.9 Å². The summed E-state index contributed by atoms with van der Waals surface area (Å²) in [5, 5.41) is 5.85. The minimum Gasteiger partial charge on any atom is -0.399 e. The predicted molar refractivity (Wildman–Crippen MR) is 101 cm³/mol. The van der Waals surface area contributed by atoms with Gasteiger partial charge in [0.15, 0.2) is 0 Å². The Balaban J connectivity index is 1.62. The van der Waals surface area contributed by atoms with Gasteiger partial charge in [-0.25, -0.2) is 0 Å². The number of rotatable bonds is 4. The molecule has 0 aromatic heterocycles. The standard InChI is InChI=1S/C20H23N3O3/c1-13-2-5-15(21)12-18(13)20(25)23-16-6-3-14(4-7-16)19(24)22-17-8-10-26-11-9-17/h2-7,12,17H,8-11,21H2,1H3,(H,22,24)(H,23,25). The molecule has 4 N–H and O–H groups in total. The van der Waals surface area contributed by atoms with Crippen LogP contribution in [0.4, 0.5) is 11.4 Å². The topological polar surface area (TPSA) is 93.5 Å². The number of amides is 2. The molecule has 0 spiro atoms. The summed E-state index contributed by atoms with van der Waals surface area (Å²) in [5.74, 6) is -0.337. The second-order valence-electron chi connectivity index (χ2n) is 6.47. The molecular formula is C20H23N3O3. The highest BCUT2D eigenvalue weighted by molar-refractivity contribution is 6.06. The van der Waals surface area contributed by atoms with Gasteiger partial charge in [-0.15, -0.1) is 0 Å². The molecule has 0 saturated carbocycles. The van der Waals surface area contributed by atoms with Crippen molar-refractivity contribution in [3.8, 4) is 0 Å². The normalized spacial score (nSPS) is 14.7. The van der Waals surface area contributed by atoms with Crippen LogP contribution in [-0.2, 0) is 4.74 Å². The molecule has 6 heteroatoms. The van der Waals surface area contributed by atoms with E-state index in [1.807, 2.05) is 13.0 Å². The van der Waals surface area contributed by atoms with Gasteiger partial charge in [-0.3, -0.25) is 9.59 Å². The van der Waals surface area contributed by atoms with Crippen molar-refractivity contribution in [1.82, 2.24) is 5.32 Å². The van der Waals surface area contributed by atoms with Crippen LogP contribution in [0.15, 0.2) is 42.5 Å². The van der Waals surface area contributed by atoms with Gasteiger partial charge >= 0.3 is 0 Å². The Morgan fingerprint density at radius 1 is 1.04 bits per heavy atom. The molecule has 3 rings (SSSR count). The average molecular weight is 353 g/mol. The van der Waals surface area contributed by atoms with E-state index in [0.717, 1.165) is 18.4 Å². The minimum atomic E-state index is -0.228. The quantitative estimate of drug-likeness (QED) is 0.737. The zero-order valence-electron chi connectivity index (χ0n) is 14.7. The van der Waals surface area contributed by atoms with E-state index < -0.39 is 0 Å². The number of anilines is 2. The molecule has 1 saturated heterocycles. The molecule has 136 valence electrons. The van der Waals surface area contributed by atoms with E-state index in [9.17, 15) is 9.59 Å². The van der Waals surface area contributed by atoms with Crippen LogP contribution in [0.3, 0.4) is 0 Å². The molecule has 0 atom stereocenters. The summed E-state index contributed by atoms with van der Waals surface area (Å²) in [7, 11) is 0. The largest absolute Gasteiger partial charge is 0.399 e. The first-order valence-corrected chi connectivity index (χ1v) is 8.69. The fourth-order valence-corrected chi connectivity index (χ4v) is 2.90. The fourth-order valence-electron chi connectivity index (χ4n) is 2.90. The molecule has 26 heavy (non-hydrogen) atoms. The molecule has 0 bridgehead atoms. The second-order valence-corrected chi connectivity index (χ2v) is 6.47. The van der Waals surface area contributed by atoms with Gasteiger partial charge in [0, 0.05) is 41.8 Å². The number of ether oxygens (including phenoxy) is 1. The van der Waals surface area contributed by atoms with Gasteiger partial charge in [-0.2, -0.15) is 0 Å². The van der Waals surface area contributed by atoms with Crippen molar-refractivity contribution in [3.05, 3.63) is 59.2 Å². The van der Waals surface area contributed by atoms with Crippen LogP contribution >= 0.6 is 0 Å². The molecule has 0 unspecified atom stereocenters. The Morgan fingerprint density at radius 3 is 2.42 bits per heavy atom. The van der Waals surface area contributed by atoms with Gasteiger partial charge in [-0.05, 0) is 61.7 Å². The Labute approximate surface area is 152 Å². The van der Waals surface area contributed by atoms with E-state index in [1.54, 1.807) is 36.4 Å². The number of hydrogen-bond acceptors (Lipinski definition) is 4. The number of carbonyl (C=O) groups excluding carboxylic acids is 2. The lowest BCUT2D eigenvalue weighted by molar-refractivity contribution is 0.0696. The number of hydrogen-bond donors (Lipinski definition) is 3. The van der Waals surface area contributed by atoms with E-state index in [1.165, 1.54) is 0 Å². The summed E-state index contributed by atoms with van der Waals surface area (Å²) in [6.45, 7) is 3.22. The van der Waals surface area contributed by atoms with E-state index in [0.29, 0.717) is 35.7 Å². The SMILES string of the molecule is Cc1ccc(N)cc1C(=O)Nc1ccc(C(=O)NC2CCOCC2)cc1. The fraction of sp³-hybridized carbons (Fsp3) is 0.300. The predicted octanol–water partition coefficient (Wildman–Crippen LogP) is 2.74. The highest BCUT2D eigenvalue weighted by atomic mass is 16.5. The first-order valence-electron chi connectivity index (χ1n) is 8.69. The van der Waals surface area contributed by atoms with Gasteiger partial charge in [0.1, 0.15) is 0 Å². The summed E-state index contributed by atoms with van der Waals surface area (Å²) >= 11 is 0. The van der Waals surface area contributed by atoms with Crippen LogP contribution < -0.4 is 16.4 Å². The maximum Gasteiger partial charge on any atom is 0.256 e. The van der Waals surface area contributed by atoms with Crippen molar-refractivity contribution in [3.63, 3.8) is 0 Å². The first-order chi connectivity index (χ1) is 12.5. The Kier molecular flexibility index (Phi) is 5.53. The van der Waals surface area contributed by atoms with Crippen molar-refractivity contribution in [2.45, 2.75) is 25.8 Å². The monoisotopic (exact) mass is 353 g/mol. The average Bonchev–Trinajstić information content (AvgIpc) is 2.65. The number of aryl methyl sites for hydroxylation is 1. The van der Waals surface area contributed by atoms with Gasteiger partial charge < -0.3 is 21.1 Å². The summed E-state index contributed by atoms with van der Waals surface area (Å²) in [6, 6.07) is 12.2. The van der Waals surface area contributed by atoms with Crippen molar-refractivity contribution in [1.29, 1.82) is 0 Å². The molecule has 0 radical (unpaired) electrons. The number of nitrogens with one attached hydrogen (secondary N) is 2. The molecule has 1 fully saturated rings. The maximum absolute atomic E-state index is 12.4. The first kappa shape index (κ1) is 17.9. The maximum atomic E-state index is 12.4. The highest BCUT2D eigenvalue weighted by Gasteiger charge is 2.17. The third-order valence-corrected chi connectivity index (χ3v) is 4.47. The second kappa shape index (κ2) is 8.01. The van der Waals surface area contributed by atoms with E-state index in [2.05, 4.69) is 10.6 Å². The molecule has 1 heterocycles. The van der Waals surface area contributed by atoms with Crippen LogP contribution in [0.25, 0.3) is 0 Å². The molecule has 1 aliphatic heterocycles. The third-order valence-electron chi connectivity index (χ3n) is 4.47. The Bertz CT molecular complexity index is 796. The minimum absolute atomic E-state index is 0.110. The van der Waals surface area contributed by atoms with Crippen LogP contribution in [0, 0.1) is 6.92 Å². The van der Waals surface area contributed by atoms with Gasteiger partial charge in [0.05, 0.1) is 0 Å². The zero-order valence-corrected chi connectivity index (χ0v) is 14.7. The van der Waals surface area contributed by atoms with Crippen LogP contribution in [0.2, 0.25) is 0 Å². The lowest BCUT2D eigenvalue weighted by atomic mass is 10.1. The summed E-state index contributed by atoms with van der Waals surface area (Å²) < 4.78 is 5.29. The van der Waals surface area contributed by atoms with Crippen molar-refractivity contribution < 1.29 is 14.3 Å². The molecule has 1 aliphatic rings. The third kappa shape index (κ3) is 4.40. The number of carbonyl (C=O) groups is 2. The number of nitrogens with two attached hydrogens (primary N) is 1. The molecule has 2 aromatic carbocycles. The van der Waals surface area contributed by atoms with Crippen molar-refractivity contribution >= 4 is 23.2 Å². The highest BCUT2D eigenvalue weighted by Crippen LogP contribution is 2.16. The molecule has 2 aromatic rings. The molecular weight excluding hydrogens is 330 g/mol. The van der Waals surface area contributed by atoms with E-state index in [4.69, 9.17) is 10.5 Å². The lowest BCUT2D eigenvalue weighted by Crippen LogP contribution is -2.38. The Hall–Kier alpha value is -2.86. The van der Waals surface area contributed by atoms with E-state index >= 15 is 0 Å². The number of benzene rings is 2. The number of nitrogen functional groups attached to an aromatic ring is 1. The molecule has 2 amide bonds. The van der Waals surface area contributed by atoms with Gasteiger partial charge in [0.25, 0.3) is 11.8 Å². The molecule has 0 aliphatic carbocycles. The van der Waals surface area contributed by atoms with Crippen molar-refractivity contribution in [2.75, 3.05) is 24.3 Å². The van der Waals surface area contributed by atoms with Gasteiger partial charge in [-0.1, -0.05) is 6.07 Å². The summed E-state index contributed by atoms with van der Waals surface area (Å²) in [6.07, 6.45) is 1.67. The zero-order chi connectivity index (χ0) is 18.5. The smallest absolute Gasteiger partial charge is 0.256 e. The molecule has 6 nitrogen and oxygen atoms in total. The van der Waals surface area contributed by atoms with Crippen LogP contribution in [0.5, 0.6) is 0 Å². The summed E-state index contributed by atoms with van der Waals surface area (Å²) in [4.78, 5) is 24.7. The van der Waals surface area contributed by atoms with Crippen LogP contribution in [0.1, 0.15) is 39.1 Å². The van der Waals surface area contributed by atoms with Gasteiger partial charge in [0.2, 0.25) is 0 Å². The van der Waals surface area contributed by atoms with Crippen LogP contribution in [-0.4, -0.2) is 31.1 Å². The Morgan fingerprint density at radius 2 is 1.73 bits per heavy atom. The van der Waals surface area contributed by atoms with Crippen molar-refractivity contribution in [2.24, 2.45) is 0 Å².